The summed E-state index contributed by atoms with van der Waals surface area (Å²) >= 11 is 0. The summed E-state index contributed by atoms with van der Waals surface area (Å²) in [6.07, 6.45) is 1.12. The molecule has 0 fully saturated rings. The Kier molecular flexibility index (Phi) is 5.97. The van der Waals surface area contributed by atoms with Crippen LogP contribution in [0.3, 0.4) is 0 Å². The lowest BCUT2D eigenvalue weighted by Gasteiger charge is -2.07. The van der Waals surface area contributed by atoms with Gasteiger partial charge in [-0.15, -0.1) is 0 Å². The molecular weight excluding hydrogens is 400 g/mol. The second-order valence-corrected chi connectivity index (χ2v) is 6.50. The number of rotatable bonds is 6. The zero-order valence-electron chi connectivity index (χ0n) is 16.7. The number of nitro groups is 1. The monoisotopic (exact) mass is 418 g/mol. The van der Waals surface area contributed by atoms with Crippen molar-refractivity contribution in [2.75, 3.05) is 5.43 Å². The Labute approximate surface area is 176 Å². The lowest BCUT2D eigenvalue weighted by atomic mass is 10.1. The molecule has 3 rings (SSSR count). The van der Waals surface area contributed by atoms with Gasteiger partial charge in [0.05, 0.1) is 21.9 Å². The third-order valence-corrected chi connectivity index (χ3v) is 4.65. The van der Waals surface area contributed by atoms with Gasteiger partial charge in [-0.1, -0.05) is 30.3 Å². The van der Waals surface area contributed by atoms with E-state index in [1.54, 1.807) is 55.1 Å². The average molecular weight is 418 g/mol. The highest BCUT2D eigenvalue weighted by Crippen LogP contribution is 2.20. The van der Waals surface area contributed by atoms with Gasteiger partial charge in [0.25, 0.3) is 17.2 Å². The molecule has 0 saturated carbocycles. The molecule has 2 aromatic carbocycles. The van der Waals surface area contributed by atoms with E-state index >= 15 is 0 Å². The van der Waals surface area contributed by atoms with E-state index in [0.29, 0.717) is 11.4 Å². The predicted octanol–water partition coefficient (Wildman–Crippen LogP) is 2.44. The fraction of sp³-hybridized carbons (Fsp3) is 0.0952. The van der Waals surface area contributed by atoms with Gasteiger partial charge in [0.1, 0.15) is 17.3 Å². The number of carbonyl (C=O) groups is 1. The van der Waals surface area contributed by atoms with Crippen molar-refractivity contribution in [3.8, 4) is 11.8 Å². The van der Waals surface area contributed by atoms with Crippen molar-refractivity contribution < 1.29 is 9.72 Å². The minimum atomic E-state index is -0.838. The van der Waals surface area contributed by atoms with Crippen molar-refractivity contribution in [2.24, 2.45) is 7.05 Å². The maximum atomic E-state index is 12.8. The number of nitriles is 1. The smallest absolute Gasteiger partial charge is 0.291 e. The maximum absolute atomic E-state index is 12.8. The van der Waals surface area contributed by atoms with Crippen LogP contribution in [0.5, 0.6) is 0 Å². The first-order valence-corrected chi connectivity index (χ1v) is 9.10. The SMILES string of the molecule is Cc1c(NNC(=O)/C(C#N)=C/c2ccccc2[N+](=O)[O-])c(=O)n(-c2ccccc2)n1C. The molecule has 0 unspecified atom stereocenters. The number of nitrogens with zero attached hydrogens (tertiary/aromatic N) is 4. The lowest BCUT2D eigenvalue weighted by molar-refractivity contribution is -0.385. The molecule has 1 aromatic heterocycles. The van der Waals surface area contributed by atoms with Gasteiger partial charge in [-0.3, -0.25) is 35.2 Å². The molecule has 10 heteroatoms. The number of hydrazine groups is 1. The van der Waals surface area contributed by atoms with E-state index in [1.807, 2.05) is 6.07 Å². The Hall–Kier alpha value is -4.65. The van der Waals surface area contributed by atoms with E-state index in [4.69, 9.17) is 0 Å². The van der Waals surface area contributed by atoms with Crippen LogP contribution in [-0.2, 0) is 11.8 Å². The molecule has 0 radical (unpaired) electrons. The standard InChI is InChI=1S/C21H18N6O4/c1-14-19(21(29)26(25(14)2)17-9-4-3-5-10-17)23-24-20(28)16(13-22)12-15-8-6-7-11-18(15)27(30)31/h3-12,23H,1-2H3,(H,24,28)/b16-12+. The van der Waals surface area contributed by atoms with Crippen LogP contribution < -0.4 is 16.4 Å². The highest BCUT2D eigenvalue weighted by atomic mass is 16.6. The van der Waals surface area contributed by atoms with Gasteiger partial charge in [0.15, 0.2) is 0 Å². The first kappa shape index (κ1) is 21.1. The third kappa shape index (κ3) is 4.20. The summed E-state index contributed by atoms with van der Waals surface area (Å²) in [4.78, 5) is 35.9. The number of nitrogens with one attached hydrogen (secondary N) is 2. The molecule has 0 aliphatic heterocycles. The normalized spacial score (nSPS) is 10.9. The molecule has 0 aliphatic carbocycles. The first-order chi connectivity index (χ1) is 14.8. The summed E-state index contributed by atoms with van der Waals surface area (Å²) < 4.78 is 3.05. The van der Waals surface area contributed by atoms with Crippen LogP contribution in [0.15, 0.2) is 65.0 Å². The second-order valence-electron chi connectivity index (χ2n) is 6.50. The minimum Gasteiger partial charge on any atom is -0.291 e. The number of benzene rings is 2. The van der Waals surface area contributed by atoms with Crippen LogP contribution in [-0.4, -0.2) is 20.2 Å². The van der Waals surface area contributed by atoms with Gasteiger partial charge in [0.2, 0.25) is 0 Å². The van der Waals surface area contributed by atoms with Crippen LogP contribution in [0.1, 0.15) is 11.3 Å². The van der Waals surface area contributed by atoms with Crippen LogP contribution >= 0.6 is 0 Å². The van der Waals surface area contributed by atoms with Gasteiger partial charge in [-0.2, -0.15) is 5.26 Å². The van der Waals surface area contributed by atoms with Crippen LogP contribution in [0.25, 0.3) is 11.8 Å². The quantitative estimate of drug-likeness (QED) is 0.273. The fourth-order valence-corrected chi connectivity index (χ4v) is 2.98. The van der Waals surface area contributed by atoms with Gasteiger partial charge >= 0.3 is 0 Å². The fourth-order valence-electron chi connectivity index (χ4n) is 2.98. The summed E-state index contributed by atoms with van der Waals surface area (Å²) in [5.41, 5.74) is 5.33. The van der Waals surface area contributed by atoms with E-state index in [9.17, 15) is 25.0 Å². The number of nitro benzene ring substituents is 1. The molecule has 31 heavy (non-hydrogen) atoms. The van der Waals surface area contributed by atoms with Crippen molar-refractivity contribution in [3.63, 3.8) is 0 Å². The Balaban J connectivity index is 1.87. The van der Waals surface area contributed by atoms with E-state index in [0.717, 1.165) is 6.08 Å². The van der Waals surface area contributed by atoms with Crippen molar-refractivity contribution in [3.05, 3.63) is 91.9 Å². The van der Waals surface area contributed by atoms with Crippen LogP contribution in [0.2, 0.25) is 0 Å². The van der Waals surface area contributed by atoms with Crippen LogP contribution in [0, 0.1) is 28.4 Å². The van der Waals surface area contributed by atoms with E-state index < -0.39 is 16.4 Å². The molecule has 0 aliphatic rings. The Morgan fingerprint density at radius 1 is 1.16 bits per heavy atom. The second kappa shape index (κ2) is 8.79. The highest BCUT2D eigenvalue weighted by Gasteiger charge is 2.18. The first-order valence-electron chi connectivity index (χ1n) is 9.10. The number of para-hydroxylation sites is 2. The molecule has 10 nitrogen and oxygen atoms in total. The molecule has 156 valence electrons. The number of aromatic nitrogens is 2. The Bertz CT molecular complexity index is 1280. The predicted molar refractivity (Wildman–Crippen MR) is 114 cm³/mol. The molecule has 3 aromatic rings. The largest absolute Gasteiger partial charge is 0.296 e. The number of carbonyl (C=O) groups excluding carboxylic acids is 1. The number of anilines is 1. The Morgan fingerprint density at radius 3 is 2.45 bits per heavy atom. The van der Waals surface area contributed by atoms with E-state index in [-0.39, 0.29) is 22.5 Å². The molecule has 1 heterocycles. The number of hydrogen-bond donors (Lipinski definition) is 2. The summed E-state index contributed by atoms with van der Waals surface area (Å²) in [6, 6.07) is 16.4. The molecule has 1 amide bonds. The zero-order chi connectivity index (χ0) is 22.5. The molecular formula is C21H18N6O4. The summed E-state index contributed by atoms with van der Waals surface area (Å²) in [6.45, 7) is 1.70. The third-order valence-electron chi connectivity index (χ3n) is 4.65. The highest BCUT2D eigenvalue weighted by molar-refractivity contribution is 6.02. The molecule has 0 atom stereocenters. The topological polar surface area (TPSA) is 135 Å². The van der Waals surface area contributed by atoms with Crippen molar-refractivity contribution in [1.82, 2.24) is 14.8 Å². The summed E-state index contributed by atoms with van der Waals surface area (Å²) in [5.74, 6) is -0.838. The summed E-state index contributed by atoms with van der Waals surface area (Å²) in [5, 5.41) is 20.5. The van der Waals surface area contributed by atoms with Crippen molar-refractivity contribution >= 4 is 23.4 Å². The molecule has 0 bridgehead atoms. The zero-order valence-corrected chi connectivity index (χ0v) is 16.7. The minimum absolute atomic E-state index is 0.113. The number of hydrogen-bond acceptors (Lipinski definition) is 6. The van der Waals surface area contributed by atoms with E-state index in [2.05, 4.69) is 10.9 Å². The van der Waals surface area contributed by atoms with Gasteiger partial charge in [-0.25, -0.2) is 4.68 Å². The van der Waals surface area contributed by atoms with Gasteiger partial charge in [-0.05, 0) is 31.2 Å². The maximum Gasteiger partial charge on any atom is 0.296 e. The lowest BCUT2D eigenvalue weighted by Crippen LogP contribution is -2.33. The van der Waals surface area contributed by atoms with Crippen molar-refractivity contribution in [2.45, 2.75) is 6.92 Å². The Morgan fingerprint density at radius 2 is 1.81 bits per heavy atom. The van der Waals surface area contributed by atoms with Gasteiger partial charge in [0, 0.05) is 13.1 Å². The molecule has 0 spiro atoms. The summed E-state index contributed by atoms with van der Waals surface area (Å²) in [7, 11) is 1.70. The molecule has 2 N–H and O–H groups in total. The van der Waals surface area contributed by atoms with Crippen molar-refractivity contribution in [1.29, 1.82) is 5.26 Å². The average Bonchev–Trinajstić information content (AvgIpc) is 2.99. The molecule has 0 saturated heterocycles. The number of amides is 1. The van der Waals surface area contributed by atoms with Gasteiger partial charge < -0.3 is 0 Å². The van der Waals surface area contributed by atoms with E-state index in [1.165, 1.54) is 22.9 Å². The van der Waals surface area contributed by atoms with Crippen LogP contribution in [0.4, 0.5) is 11.4 Å².